The highest BCUT2D eigenvalue weighted by Gasteiger charge is 2.38. The van der Waals surface area contributed by atoms with E-state index >= 15 is 0 Å². The molecule has 1 aromatic carbocycles. The minimum atomic E-state index is -4.72. The molecule has 4 rings (SSSR count). The third-order valence-electron chi connectivity index (χ3n) is 6.27. The van der Waals surface area contributed by atoms with Crippen LogP contribution in [-0.2, 0) is 6.18 Å². The lowest BCUT2D eigenvalue weighted by atomic mass is 10.0. The monoisotopic (exact) mass is 532 g/mol. The average Bonchev–Trinajstić information content (AvgIpc) is 3.27. The van der Waals surface area contributed by atoms with Crippen LogP contribution in [0.3, 0.4) is 0 Å². The first-order valence-corrected chi connectivity index (χ1v) is 11.9. The van der Waals surface area contributed by atoms with Crippen molar-refractivity contribution >= 4 is 22.9 Å². The fourth-order valence-electron chi connectivity index (χ4n) is 4.35. The average molecular weight is 533 g/mol. The summed E-state index contributed by atoms with van der Waals surface area (Å²) in [6.45, 7) is 0.906. The number of rotatable bonds is 6. The summed E-state index contributed by atoms with van der Waals surface area (Å²) in [5, 5.41) is 8.55. The molecule has 0 bridgehead atoms. The van der Waals surface area contributed by atoms with E-state index in [1.54, 1.807) is 24.3 Å². The van der Waals surface area contributed by atoms with Crippen molar-refractivity contribution in [1.82, 2.24) is 19.6 Å². The number of ether oxygens (including phenoxy) is 1. The summed E-state index contributed by atoms with van der Waals surface area (Å²) in [7, 11) is 4.77. The second kappa shape index (κ2) is 11.2. The lowest BCUT2D eigenvalue weighted by Crippen LogP contribution is -2.46. The van der Waals surface area contributed by atoms with Crippen molar-refractivity contribution in [3.05, 3.63) is 53.5 Å². The fourth-order valence-corrected chi connectivity index (χ4v) is 4.35. The standard InChI is InChI=1S/C26H28F4N6O2/c1-31-25(37)16-8-9-19(22(14-16)38-3)32-11-4-6-20-23(26(28,29)30)36-12-5-7-21(24(36)34-20)33-18-10-13-35(2)15-17(18)27/h5,7-9,12,14,17-18,32-33H,10-11,13,15H2,1-3H3,(H,31,37)/t17-,18+/m0/s1. The Balaban J connectivity index is 1.59. The highest BCUT2D eigenvalue weighted by molar-refractivity contribution is 5.95. The number of amides is 1. The number of nitrogens with zero attached hydrogens (tertiary/aromatic N) is 3. The summed E-state index contributed by atoms with van der Waals surface area (Å²) in [5.74, 6) is 5.30. The number of hydrogen-bond donors (Lipinski definition) is 3. The summed E-state index contributed by atoms with van der Waals surface area (Å²) in [5.41, 5.74) is -0.195. The maximum atomic E-state index is 14.6. The Labute approximate surface area is 217 Å². The third kappa shape index (κ3) is 5.78. The molecule has 202 valence electrons. The molecule has 3 heterocycles. The number of carbonyl (C=O) groups is 1. The zero-order valence-electron chi connectivity index (χ0n) is 21.1. The zero-order valence-corrected chi connectivity index (χ0v) is 21.1. The van der Waals surface area contributed by atoms with Crippen molar-refractivity contribution in [2.75, 3.05) is 51.5 Å². The number of methoxy groups -OCH3 is 1. The Bertz CT molecular complexity index is 1380. The van der Waals surface area contributed by atoms with Crippen molar-refractivity contribution in [3.8, 4) is 17.6 Å². The van der Waals surface area contributed by atoms with E-state index in [2.05, 4.69) is 32.8 Å². The molecule has 0 spiro atoms. The van der Waals surface area contributed by atoms with E-state index in [4.69, 9.17) is 4.74 Å². The van der Waals surface area contributed by atoms with E-state index in [1.165, 1.54) is 26.4 Å². The number of benzene rings is 1. The van der Waals surface area contributed by atoms with E-state index in [-0.39, 0.29) is 24.6 Å². The number of anilines is 2. The second-order valence-corrected chi connectivity index (χ2v) is 8.89. The highest BCUT2D eigenvalue weighted by atomic mass is 19.4. The predicted molar refractivity (Wildman–Crippen MR) is 136 cm³/mol. The molecule has 0 aliphatic carbocycles. The molecule has 1 aliphatic heterocycles. The van der Waals surface area contributed by atoms with E-state index in [1.807, 2.05) is 11.9 Å². The van der Waals surface area contributed by atoms with Crippen LogP contribution in [0.4, 0.5) is 28.9 Å². The van der Waals surface area contributed by atoms with Gasteiger partial charge in [0.25, 0.3) is 5.91 Å². The molecule has 1 aliphatic rings. The predicted octanol–water partition coefficient (Wildman–Crippen LogP) is 3.64. The number of imidazole rings is 1. The van der Waals surface area contributed by atoms with Crippen LogP contribution in [0.15, 0.2) is 36.5 Å². The Hall–Kier alpha value is -3.98. The highest BCUT2D eigenvalue weighted by Crippen LogP contribution is 2.34. The summed E-state index contributed by atoms with van der Waals surface area (Å²) < 4.78 is 62.9. The van der Waals surface area contributed by atoms with Gasteiger partial charge in [-0.1, -0.05) is 5.92 Å². The van der Waals surface area contributed by atoms with Crippen molar-refractivity contribution in [1.29, 1.82) is 0 Å². The minimum absolute atomic E-state index is 0.00885. The van der Waals surface area contributed by atoms with E-state index in [0.717, 1.165) is 4.40 Å². The summed E-state index contributed by atoms with van der Waals surface area (Å²) in [4.78, 5) is 17.9. The van der Waals surface area contributed by atoms with E-state index in [0.29, 0.717) is 35.7 Å². The largest absolute Gasteiger partial charge is 0.495 e. The maximum Gasteiger partial charge on any atom is 0.434 e. The normalized spacial score (nSPS) is 18.0. The third-order valence-corrected chi connectivity index (χ3v) is 6.27. The SMILES string of the molecule is CNC(=O)c1ccc(NCC#Cc2nc3c(N[C@@H]4CCN(C)C[C@@H]4F)cccn3c2C(F)(F)F)c(OC)c1. The molecule has 2 atom stereocenters. The van der Waals surface area contributed by atoms with Gasteiger partial charge in [0.2, 0.25) is 0 Å². The van der Waals surface area contributed by atoms with Gasteiger partial charge in [-0.3, -0.25) is 9.20 Å². The first-order chi connectivity index (χ1) is 18.1. The Morgan fingerprint density at radius 2 is 2.05 bits per heavy atom. The van der Waals surface area contributed by atoms with Crippen molar-refractivity contribution in [3.63, 3.8) is 0 Å². The van der Waals surface area contributed by atoms with E-state index in [9.17, 15) is 22.4 Å². The second-order valence-electron chi connectivity index (χ2n) is 8.89. The van der Waals surface area contributed by atoms with Crippen molar-refractivity contribution in [2.45, 2.75) is 24.8 Å². The van der Waals surface area contributed by atoms with Crippen LogP contribution in [-0.4, -0.2) is 73.2 Å². The Morgan fingerprint density at radius 3 is 2.74 bits per heavy atom. The van der Waals surface area contributed by atoms with Gasteiger partial charge in [-0.2, -0.15) is 13.2 Å². The zero-order chi connectivity index (χ0) is 27.4. The van der Waals surface area contributed by atoms with Crippen LogP contribution in [0.25, 0.3) is 5.65 Å². The molecule has 2 aromatic heterocycles. The first-order valence-electron chi connectivity index (χ1n) is 11.9. The number of nitrogens with one attached hydrogen (secondary N) is 3. The van der Waals surface area contributed by atoms with Gasteiger partial charge in [-0.15, -0.1) is 0 Å². The summed E-state index contributed by atoms with van der Waals surface area (Å²) in [6.07, 6.45) is -4.11. The summed E-state index contributed by atoms with van der Waals surface area (Å²) >= 11 is 0. The van der Waals surface area contributed by atoms with Crippen LogP contribution in [0.1, 0.15) is 28.2 Å². The van der Waals surface area contributed by atoms with Gasteiger partial charge in [0, 0.05) is 31.9 Å². The molecule has 0 unspecified atom stereocenters. The fraction of sp³-hybridized carbons (Fsp3) is 0.385. The number of piperidine rings is 1. The van der Waals surface area contributed by atoms with Gasteiger partial charge in [-0.05, 0) is 49.7 Å². The van der Waals surface area contributed by atoms with Crippen LogP contribution < -0.4 is 20.7 Å². The van der Waals surface area contributed by atoms with Crippen LogP contribution in [0.5, 0.6) is 5.75 Å². The molecule has 12 heteroatoms. The molecule has 3 N–H and O–H groups in total. The lowest BCUT2D eigenvalue weighted by Gasteiger charge is -2.33. The number of hydrogen-bond acceptors (Lipinski definition) is 6. The number of aromatic nitrogens is 2. The van der Waals surface area contributed by atoms with E-state index < -0.39 is 29.8 Å². The number of alkyl halides is 4. The Morgan fingerprint density at radius 1 is 1.26 bits per heavy atom. The number of fused-ring (bicyclic) bond motifs is 1. The van der Waals surface area contributed by atoms with Crippen LogP contribution >= 0.6 is 0 Å². The minimum Gasteiger partial charge on any atom is -0.495 e. The van der Waals surface area contributed by atoms with Gasteiger partial charge >= 0.3 is 6.18 Å². The quantitative estimate of drug-likeness (QED) is 0.332. The molecule has 1 fully saturated rings. The number of halogens is 4. The number of likely N-dealkylation sites (tertiary alicyclic amines) is 1. The molecule has 38 heavy (non-hydrogen) atoms. The smallest absolute Gasteiger partial charge is 0.434 e. The molecule has 0 radical (unpaired) electrons. The van der Waals surface area contributed by atoms with Crippen LogP contribution in [0.2, 0.25) is 0 Å². The first kappa shape index (κ1) is 27.1. The molecule has 1 amide bonds. The molecular weight excluding hydrogens is 504 g/mol. The Kier molecular flexibility index (Phi) is 7.97. The number of carbonyl (C=O) groups excluding carboxylic acids is 1. The lowest BCUT2D eigenvalue weighted by molar-refractivity contribution is -0.141. The summed E-state index contributed by atoms with van der Waals surface area (Å²) in [6, 6.07) is 7.26. The van der Waals surface area contributed by atoms with Gasteiger partial charge < -0.3 is 25.6 Å². The number of pyridine rings is 1. The van der Waals surface area contributed by atoms with Gasteiger partial charge in [0.05, 0.1) is 31.1 Å². The van der Waals surface area contributed by atoms with Gasteiger partial charge in [-0.25, -0.2) is 9.37 Å². The van der Waals surface area contributed by atoms with Crippen LogP contribution in [0, 0.1) is 11.8 Å². The molecule has 0 saturated carbocycles. The van der Waals surface area contributed by atoms with Crippen molar-refractivity contribution < 1.29 is 27.1 Å². The van der Waals surface area contributed by atoms with Gasteiger partial charge in [0.1, 0.15) is 17.6 Å². The molecule has 3 aromatic rings. The molecular formula is C26H28F4N6O2. The van der Waals surface area contributed by atoms with Gasteiger partial charge in [0.15, 0.2) is 11.3 Å². The topological polar surface area (TPSA) is 82.9 Å². The van der Waals surface area contributed by atoms with Crippen molar-refractivity contribution in [2.24, 2.45) is 0 Å². The molecule has 1 saturated heterocycles. The molecule has 8 nitrogen and oxygen atoms in total. The maximum absolute atomic E-state index is 14.6.